The molecule has 20 heavy (non-hydrogen) atoms. The van der Waals surface area contributed by atoms with Crippen molar-refractivity contribution in [2.45, 2.75) is 32.7 Å². The topological polar surface area (TPSA) is 53.1 Å². The van der Waals surface area contributed by atoms with Gasteiger partial charge in [-0.2, -0.15) is 5.10 Å². The van der Waals surface area contributed by atoms with Crippen molar-refractivity contribution < 1.29 is 4.74 Å². The monoisotopic (exact) mass is 271 g/mol. The molecule has 4 nitrogen and oxygen atoms in total. The number of rotatable bonds is 4. The molecule has 0 saturated heterocycles. The SMILES string of the molecule is Cc1nn(CC2COc3ccccc32)c(C)c1CCN. The molecule has 0 spiro atoms. The number of nitrogens with two attached hydrogens (primary N) is 1. The molecular weight excluding hydrogens is 250 g/mol. The van der Waals surface area contributed by atoms with Gasteiger partial charge in [0.1, 0.15) is 5.75 Å². The first-order chi connectivity index (χ1) is 9.70. The highest BCUT2D eigenvalue weighted by Gasteiger charge is 2.25. The largest absolute Gasteiger partial charge is 0.493 e. The first-order valence-electron chi connectivity index (χ1n) is 7.15. The van der Waals surface area contributed by atoms with E-state index >= 15 is 0 Å². The fraction of sp³-hybridized carbons (Fsp3) is 0.438. The first kappa shape index (κ1) is 13.2. The molecule has 1 aliphatic heterocycles. The van der Waals surface area contributed by atoms with Gasteiger partial charge in [0, 0.05) is 17.2 Å². The highest BCUT2D eigenvalue weighted by atomic mass is 16.5. The quantitative estimate of drug-likeness (QED) is 0.927. The van der Waals surface area contributed by atoms with E-state index in [4.69, 9.17) is 10.5 Å². The van der Waals surface area contributed by atoms with Crippen LogP contribution in [0.4, 0.5) is 0 Å². The van der Waals surface area contributed by atoms with Gasteiger partial charge in [0.05, 0.1) is 18.8 Å². The summed E-state index contributed by atoms with van der Waals surface area (Å²) in [6.45, 7) is 6.47. The summed E-state index contributed by atoms with van der Waals surface area (Å²) in [4.78, 5) is 0. The molecule has 0 saturated carbocycles. The van der Waals surface area contributed by atoms with E-state index in [2.05, 4.69) is 35.8 Å². The summed E-state index contributed by atoms with van der Waals surface area (Å²) < 4.78 is 7.85. The van der Waals surface area contributed by atoms with Crippen LogP contribution in [0.15, 0.2) is 24.3 Å². The van der Waals surface area contributed by atoms with Crippen LogP contribution in [0.3, 0.4) is 0 Å². The molecule has 0 bridgehead atoms. The van der Waals surface area contributed by atoms with Crippen LogP contribution in [0.1, 0.15) is 28.4 Å². The van der Waals surface area contributed by atoms with Crippen molar-refractivity contribution in [3.05, 3.63) is 46.8 Å². The third-order valence-corrected chi connectivity index (χ3v) is 4.12. The van der Waals surface area contributed by atoms with E-state index in [1.54, 1.807) is 0 Å². The molecule has 4 heteroatoms. The Morgan fingerprint density at radius 1 is 1.35 bits per heavy atom. The Morgan fingerprint density at radius 2 is 2.15 bits per heavy atom. The molecule has 1 aromatic heterocycles. The fourth-order valence-corrected chi connectivity index (χ4v) is 3.01. The maximum atomic E-state index is 5.75. The lowest BCUT2D eigenvalue weighted by Crippen LogP contribution is -2.13. The van der Waals surface area contributed by atoms with Gasteiger partial charge in [0.25, 0.3) is 0 Å². The van der Waals surface area contributed by atoms with Crippen LogP contribution in [-0.2, 0) is 13.0 Å². The van der Waals surface area contributed by atoms with Crippen molar-refractivity contribution in [1.82, 2.24) is 9.78 Å². The molecule has 2 N–H and O–H groups in total. The van der Waals surface area contributed by atoms with Crippen molar-refractivity contribution in [2.75, 3.05) is 13.2 Å². The molecule has 106 valence electrons. The molecule has 2 aromatic rings. The summed E-state index contributed by atoms with van der Waals surface area (Å²) in [5, 5.41) is 4.67. The Balaban J connectivity index is 1.85. The molecule has 0 radical (unpaired) electrons. The molecule has 1 atom stereocenters. The number of hydrogen-bond donors (Lipinski definition) is 1. The number of aromatic nitrogens is 2. The van der Waals surface area contributed by atoms with Gasteiger partial charge in [-0.1, -0.05) is 18.2 Å². The number of ether oxygens (including phenoxy) is 1. The van der Waals surface area contributed by atoms with Gasteiger partial charge in [-0.05, 0) is 38.4 Å². The van der Waals surface area contributed by atoms with E-state index in [0.29, 0.717) is 12.5 Å². The molecule has 0 fully saturated rings. The Kier molecular flexibility index (Phi) is 3.49. The highest BCUT2D eigenvalue weighted by Crippen LogP contribution is 2.34. The summed E-state index contributed by atoms with van der Waals surface area (Å²) in [7, 11) is 0. The van der Waals surface area contributed by atoms with E-state index in [1.165, 1.54) is 16.8 Å². The van der Waals surface area contributed by atoms with Crippen LogP contribution in [0, 0.1) is 13.8 Å². The predicted octanol–water partition coefficient (Wildman–Crippen LogP) is 2.18. The van der Waals surface area contributed by atoms with Crippen LogP contribution < -0.4 is 10.5 Å². The zero-order valence-electron chi connectivity index (χ0n) is 12.1. The molecule has 0 amide bonds. The van der Waals surface area contributed by atoms with Crippen LogP contribution in [0.2, 0.25) is 0 Å². The van der Waals surface area contributed by atoms with Gasteiger partial charge < -0.3 is 10.5 Å². The minimum absolute atomic E-state index is 0.384. The second-order valence-electron chi connectivity index (χ2n) is 5.42. The maximum Gasteiger partial charge on any atom is 0.122 e. The lowest BCUT2D eigenvalue weighted by molar-refractivity contribution is 0.314. The number of benzene rings is 1. The second kappa shape index (κ2) is 5.29. The third kappa shape index (κ3) is 2.20. The molecule has 2 heterocycles. The molecule has 1 unspecified atom stereocenters. The molecule has 3 rings (SSSR count). The van der Waals surface area contributed by atoms with Crippen molar-refractivity contribution in [1.29, 1.82) is 0 Å². The van der Waals surface area contributed by atoms with Gasteiger partial charge in [-0.3, -0.25) is 4.68 Å². The number of nitrogens with zero attached hydrogens (tertiary/aromatic N) is 2. The van der Waals surface area contributed by atoms with E-state index in [1.807, 2.05) is 12.1 Å². The molecule has 1 aromatic carbocycles. The first-order valence-corrected chi connectivity index (χ1v) is 7.15. The highest BCUT2D eigenvalue weighted by molar-refractivity contribution is 5.39. The smallest absolute Gasteiger partial charge is 0.122 e. The molecule has 1 aliphatic rings. The van der Waals surface area contributed by atoms with Crippen molar-refractivity contribution in [3.8, 4) is 5.75 Å². The van der Waals surface area contributed by atoms with Gasteiger partial charge in [0.15, 0.2) is 0 Å². The summed E-state index contributed by atoms with van der Waals surface area (Å²) in [6.07, 6.45) is 0.898. The van der Waals surface area contributed by atoms with Gasteiger partial charge in [-0.15, -0.1) is 0 Å². The lowest BCUT2D eigenvalue weighted by atomic mass is 10.0. The van der Waals surface area contributed by atoms with Crippen LogP contribution in [-0.4, -0.2) is 22.9 Å². The average molecular weight is 271 g/mol. The number of hydrogen-bond acceptors (Lipinski definition) is 3. The standard InChI is InChI=1S/C16H21N3O/c1-11-14(7-8-17)12(2)19(18-11)9-13-10-20-16-6-4-3-5-15(13)16/h3-6,13H,7-10,17H2,1-2H3. The van der Waals surface area contributed by atoms with E-state index in [-0.39, 0.29) is 0 Å². The fourth-order valence-electron chi connectivity index (χ4n) is 3.01. The lowest BCUT2D eigenvalue weighted by Gasteiger charge is -2.11. The van der Waals surface area contributed by atoms with Crippen LogP contribution >= 0.6 is 0 Å². The summed E-state index contributed by atoms with van der Waals surface area (Å²) in [6, 6.07) is 8.28. The minimum atomic E-state index is 0.384. The predicted molar refractivity (Wildman–Crippen MR) is 79.1 cm³/mol. The van der Waals surface area contributed by atoms with Crippen LogP contribution in [0.25, 0.3) is 0 Å². The zero-order chi connectivity index (χ0) is 14.1. The second-order valence-corrected chi connectivity index (χ2v) is 5.42. The Labute approximate surface area is 119 Å². The number of para-hydroxylation sites is 1. The third-order valence-electron chi connectivity index (χ3n) is 4.12. The normalized spacial score (nSPS) is 17.1. The van der Waals surface area contributed by atoms with Crippen LogP contribution in [0.5, 0.6) is 5.75 Å². The van der Waals surface area contributed by atoms with Gasteiger partial charge >= 0.3 is 0 Å². The van der Waals surface area contributed by atoms with Gasteiger partial charge in [-0.25, -0.2) is 0 Å². The minimum Gasteiger partial charge on any atom is -0.493 e. The molecule has 0 aliphatic carbocycles. The van der Waals surface area contributed by atoms with Crippen molar-refractivity contribution in [3.63, 3.8) is 0 Å². The van der Waals surface area contributed by atoms with Gasteiger partial charge in [0.2, 0.25) is 0 Å². The number of fused-ring (bicyclic) bond motifs is 1. The average Bonchev–Trinajstić information content (AvgIpc) is 2.97. The Bertz CT molecular complexity index is 618. The van der Waals surface area contributed by atoms with E-state index in [9.17, 15) is 0 Å². The van der Waals surface area contributed by atoms with E-state index < -0.39 is 0 Å². The zero-order valence-corrected chi connectivity index (χ0v) is 12.1. The number of aryl methyl sites for hydroxylation is 1. The summed E-state index contributed by atoms with van der Waals surface area (Å²) >= 11 is 0. The summed E-state index contributed by atoms with van der Waals surface area (Å²) in [5.41, 5.74) is 10.6. The Hall–Kier alpha value is -1.81. The van der Waals surface area contributed by atoms with E-state index in [0.717, 1.165) is 31.0 Å². The molecular formula is C16H21N3O. The maximum absolute atomic E-state index is 5.75. The van der Waals surface area contributed by atoms with Crippen molar-refractivity contribution >= 4 is 0 Å². The Morgan fingerprint density at radius 3 is 2.95 bits per heavy atom. The summed E-state index contributed by atoms with van der Waals surface area (Å²) in [5.74, 6) is 1.40. The van der Waals surface area contributed by atoms with Crippen molar-refractivity contribution in [2.24, 2.45) is 5.73 Å².